The van der Waals surface area contributed by atoms with Crippen LogP contribution >= 0.6 is 0 Å². The molecule has 1 N–H and O–H groups in total. The molecule has 5 aliphatic carbocycles. The summed E-state index contributed by atoms with van der Waals surface area (Å²) in [4.78, 5) is 0. The van der Waals surface area contributed by atoms with Crippen molar-refractivity contribution in [2.24, 2.45) is 17.8 Å². The second kappa shape index (κ2) is 3.76. The molecule has 0 aromatic carbocycles. The Hall–Kier alpha value is -0.970. The Morgan fingerprint density at radius 1 is 1.00 bits per heavy atom. The minimum Gasteiger partial charge on any atom is -0.382 e. The molecule has 2 nitrogen and oxygen atoms in total. The van der Waals surface area contributed by atoms with Crippen LogP contribution in [0.4, 0.5) is 0 Å². The highest BCUT2D eigenvalue weighted by atomic mass is 15.0. The maximum atomic E-state index is 9.20. The van der Waals surface area contributed by atoms with Crippen molar-refractivity contribution in [2.75, 3.05) is 0 Å². The van der Waals surface area contributed by atoms with Crippen molar-refractivity contribution in [1.82, 2.24) is 5.32 Å². The first-order valence-electron chi connectivity index (χ1n) is 7.67. The van der Waals surface area contributed by atoms with Gasteiger partial charge in [-0.05, 0) is 75.5 Å². The van der Waals surface area contributed by atoms with Gasteiger partial charge in [-0.25, -0.2) is 0 Å². The maximum Gasteiger partial charge on any atom is 0.0965 e. The Bertz CT molecular complexity index is 405. The van der Waals surface area contributed by atoms with Crippen molar-refractivity contribution < 1.29 is 0 Å². The molecular weight excluding hydrogens is 220 g/mol. The fourth-order valence-corrected chi connectivity index (χ4v) is 5.59. The fraction of sp³-hybridized carbons (Fsp3) is 0.812. The van der Waals surface area contributed by atoms with E-state index in [1.165, 1.54) is 50.6 Å². The molecule has 4 saturated carbocycles. The van der Waals surface area contributed by atoms with Gasteiger partial charge in [-0.1, -0.05) is 0 Å². The number of hydrogen-bond donors (Lipinski definition) is 1. The lowest BCUT2D eigenvalue weighted by Crippen LogP contribution is -2.58. The summed E-state index contributed by atoms with van der Waals surface area (Å²) in [5, 5.41) is 13.1. The summed E-state index contributed by atoms with van der Waals surface area (Å²) in [6.07, 6.45) is 11.9. The minimum atomic E-state index is 0.385. The van der Waals surface area contributed by atoms with Crippen LogP contribution in [-0.4, -0.2) is 5.54 Å². The number of rotatable bonds is 2. The summed E-state index contributed by atoms with van der Waals surface area (Å²) in [6.45, 7) is 0. The lowest BCUT2D eigenvalue weighted by molar-refractivity contribution is -0.0150. The molecule has 0 aromatic rings. The van der Waals surface area contributed by atoms with Crippen LogP contribution in [0, 0.1) is 29.1 Å². The highest BCUT2D eigenvalue weighted by Gasteiger charge is 2.51. The third-order valence-electron chi connectivity index (χ3n) is 5.81. The van der Waals surface area contributed by atoms with Gasteiger partial charge in [-0.15, -0.1) is 0 Å². The predicted molar refractivity (Wildman–Crippen MR) is 70.5 cm³/mol. The van der Waals surface area contributed by atoms with E-state index in [1.807, 2.05) is 0 Å². The first kappa shape index (κ1) is 10.9. The van der Waals surface area contributed by atoms with E-state index < -0.39 is 0 Å². The van der Waals surface area contributed by atoms with E-state index in [2.05, 4.69) is 11.4 Å². The molecular formula is C16H22N2. The van der Waals surface area contributed by atoms with Crippen molar-refractivity contribution >= 4 is 0 Å². The van der Waals surface area contributed by atoms with Gasteiger partial charge in [-0.3, -0.25) is 0 Å². The van der Waals surface area contributed by atoms with E-state index in [4.69, 9.17) is 0 Å². The molecule has 2 heteroatoms. The minimum absolute atomic E-state index is 0.385. The van der Waals surface area contributed by atoms with Crippen molar-refractivity contribution in [1.29, 1.82) is 5.26 Å². The molecule has 0 heterocycles. The molecule has 5 rings (SSSR count). The summed E-state index contributed by atoms with van der Waals surface area (Å²) < 4.78 is 0. The molecule has 0 atom stereocenters. The maximum absolute atomic E-state index is 9.20. The topological polar surface area (TPSA) is 35.8 Å². The van der Waals surface area contributed by atoms with Crippen molar-refractivity contribution in [2.45, 2.75) is 63.3 Å². The molecule has 4 bridgehead atoms. The molecule has 0 amide bonds. The van der Waals surface area contributed by atoms with E-state index in [1.54, 1.807) is 0 Å². The quantitative estimate of drug-likeness (QED) is 0.804. The lowest BCUT2D eigenvalue weighted by Gasteiger charge is -2.57. The van der Waals surface area contributed by atoms with Gasteiger partial charge in [0.1, 0.15) is 0 Å². The summed E-state index contributed by atoms with van der Waals surface area (Å²) in [5.41, 5.74) is 2.74. The molecule has 18 heavy (non-hydrogen) atoms. The van der Waals surface area contributed by atoms with Gasteiger partial charge < -0.3 is 5.32 Å². The second-order valence-electron chi connectivity index (χ2n) is 7.25. The Morgan fingerprint density at radius 2 is 1.61 bits per heavy atom. The Labute approximate surface area is 109 Å². The van der Waals surface area contributed by atoms with Crippen molar-refractivity contribution in [3.05, 3.63) is 11.3 Å². The van der Waals surface area contributed by atoms with Gasteiger partial charge in [0.15, 0.2) is 0 Å². The zero-order valence-corrected chi connectivity index (χ0v) is 11.0. The van der Waals surface area contributed by atoms with Crippen LogP contribution in [0.15, 0.2) is 11.3 Å². The lowest BCUT2D eigenvalue weighted by atomic mass is 9.53. The zero-order chi connectivity index (χ0) is 12.2. The standard InChI is InChI=1S/C16H22N2/c17-10-14-2-1-3-15(14)18-16-7-11-4-12(8-16)6-13(5-11)9-16/h11-13,18H,1-9H2. The van der Waals surface area contributed by atoms with Crippen LogP contribution in [0.1, 0.15) is 57.8 Å². The van der Waals surface area contributed by atoms with Gasteiger partial charge in [0.2, 0.25) is 0 Å². The van der Waals surface area contributed by atoms with Gasteiger partial charge in [0.25, 0.3) is 0 Å². The molecule has 0 spiro atoms. The third kappa shape index (κ3) is 1.60. The van der Waals surface area contributed by atoms with Crippen LogP contribution in [0.25, 0.3) is 0 Å². The van der Waals surface area contributed by atoms with Crippen LogP contribution in [-0.2, 0) is 0 Å². The number of nitrogens with zero attached hydrogens (tertiary/aromatic N) is 1. The van der Waals surface area contributed by atoms with Crippen molar-refractivity contribution in [3.63, 3.8) is 0 Å². The summed E-state index contributed by atoms with van der Waals surface area (Å²) >= 11 is 0. The number of hydrogen-bond acceptors (Lipinski definition) is 2. The molecule has 5 aliphatic rings. The van der Waals surface area contributed by atoms with Crippen molar-refractivity contribution in [3.8, 4) is 6.07 Å². The van der Waals surface area contributed by atoms with Gasteiger partial charge in [0.05, 0.1) is 6.07 Å². The number of nitriles is 1. The average Bonchev–Trinajstić information content (AvgIpc) is 2.73. The molecule has 4 fully saturated rings. The van der Waals surface area contributed by atoms with Crippen LogP contribution in [0.2, 0.25) is 0 Å². The van der Waals surface area contributed by atoms with Crippen LogP contribution in [0.5, 0.6) is 0 Å². The molecule has 0 radical (unpaired) electrons. The average molecular weight is 242 g/mol. The van der Waals surface area contributed by atoms with Crippen LogP contribution in [0.3, 0.4) is 0 Å². The third-order valence-corrected chi connectivity index (χ3v) is 5.81. The van der Waals surface area contributed by atoms with E-state index in [9.17, 15) is 5.26 Å². The largest absolute Gasteiger partial charge is 0.382 e. The Kier molecular flexibility index (Phi) is 2.28. The highest BCUT2D eigenvalue weighted by Crippen LogP contribution is 2.56. The Balaban J connectivity index is 1.60. The second-order valence-corrected chi connectivity index (χ2v) is 7.25. The summed E-state index contributed by atoms with van der Waals surface area (Å²) in [7, 11) is 0. The molecule has 0 saturated heterocycles. The zero-order valence-electron chi connectivity index (χ0n) is 11.0. The molecule has 96 valence electrons. The van der Waals surface area contributed by atoms with Crippen LogP contribution < -0.4 is 5.32 Å². The monoisotopic (exact) mass is 242 g/mol. The molecule has 0 aromatic heterocycles. The number of nitrogens with one attached hydrogen (secondary N) is 1. The Morgan fingerprint density at radius 3 is 2.17 bits per heavy atom. The van der Waals surface area contributed by atoms with E-state index in [-0.39, 0.29) is 0 Å². The van der Waals surface area contributed by atoms with E-state index in [0.717, 1.165) is 36.2 Å². The fourth-order valence-electron chi connectivity index (χ4n) is 5.59. The first-order chi connectivity index (χ1) is 8.76. The normalized spacial score (nSPS) is 45.4. The van der Waals surface area contributed by atoms with Gasteiger partial charge >= 0.3 is 0 Å². The SMILES string of the molecule is N#CC1=C(NC23CC4CC(CC(C4)C2)C3)CCC1. The summed E-state index contributed by atoms with van der Waals surface area (Å²) in [6, 6.07) is 2.41. The van der Waals surface area contributed by atoms with Gasteiger partial charge in [0, 0.05) is 16.8 Å². The molecule has 0 aliphatic heterocycles. The molecule has 0 unspecified atom stereocenters. The smallest absolute Gasteiger partial charge is 0.0965 e. The van der Waals surface area contributed by atoms with Gasteiger partial charge in [-0.2, -0.15) is 5.26 Å². The highest BCUT2D eigenvalue weighted by molar-refractivity contribution is 5.32. The first-order valence-corrected chi connectivity index (χ1v) is 7.67. The van der Waals surface area contributed by atoms with E-state index in [0.29, 0.717) is 5.54 Å². The number of allylic oxidation sites excluding steroid dienone is 2. The van der Waals surface area contributed by atoms with E-state index >= 15 is 0 Å². The predicted octanol–water partition coefficient (Wildman–Crippen LogP) is 3.51. The summed E-state index contributed by atoms with van der Waals surface area (Å²) in [5.74, 6) is 2.95.